The van der Waals surface area contributed by atoms with Crippen molar-refractivity contribution in [1.29, 1.82) is 0 Å². The largest absolute Gasteiger partial charge is 0.386 e. The Morgan fingerprint density at radius 3 is 2.45 bits per heavy atom. The number of benzene rings is 1. The molecule has 1 aromatic heterocycles. The maximum atomic E-state index is 12.1. The molecule has 2 aromatic rings. The van der Waals surface area contributed by atoms with E-state index in [4.69, 9.17) is 23.2 Å². The van der Waals surface area contributed by atoms with Crippen LogP contribution in [0.2, 0.25) is 10.0 Å². The van der Waals surface area contributed by atoms with Gasteiger partial charge in [-0.25, -0.2) is 4.98 Å². The summed E-state index contributed by atoms with van der Waals surface area (Å²) in [6.07, 6.45) is -0.833. The van der Waals surface area contributed by atoms with Gasteiger partial charge >= 0.3 is 0 Å². The number of halogens is 3. The number of hydrogen-bond donors (Lipinski definition) is 4. The van der Waals surface area contributed by atoms with Gasteiger partial charge in [0.1, 0.15) is 4.88 Å². The second kappa shape index (κ2) is 13.2. The van der Waals surface area contributed by atoms with E-state index >= 15 is 0 Å². The fraction of sp³-hybridized carbons (Fsp3) is 0.389. The fourth-order valence-electron chi connectivity index (χ4n) is 2.35. The Labute approximate surface area is 201 Å². The second-order valence-electron chi connectivity index (χ2n) is 5.89. The highest BCUT2D eigenvalue weighted by Gasteiger charge is 2.11. The Balaban J connectivity index is 0.00000420. The molecule has 1 heterocycles. The minimum atomic E-state index is -0.833. The Kier molecular flexibility index (Phi) is 11.8. The molecule has 2 rings (SSSR count). The van der Waals surface area contributed by atoms with Crippen LogP contribution in [0.4, 0.5) is 0 Å². The number of nitrogens with zero attached hydrogens (tertiary/aromatic N) is 2. The molecule has 4 N–H and O–H groups in total. The first-order valence-corrected chi connectivity index (χ1v) is 10.4. The highest BCUT2D eigenvalue weighted by atomic mass is 127. The van der Waals surface area contributed by atoms with E-state index in [9.17, 15) is 9.90 Å². The van der Waals surface area contributed by atoms with Gasteiger partial charge in [0.05, 0.1) is 23.9 Å². The summed E-state index contributed by atoms with van der Waals surface area (Å²) in [4.78, 5) is 21.1. The van der Waals surface area contributed by atoms with Crippen molar-refractivity contribution in [3.8, 4) is 0 Å². The summed E-state index contributed by atoms with van der Waals surface area (Å²) in [6.45, 7) is 5.45. The average molecular weight is 572 g/mol. The summed E-state index contributed by atoms with van der Waals surface area (Å²) in [6, 6.07) is 4.92. The number of aliphatic hydroxyl groups is 1. The number of hydrogen-bond acceptors (Lipinski definition) is 5. The number of guanidine groups is 1. The van der Waals surface area contributed by atoms with E-state index in [1.54, 1.807) is 30.6 Å². The van der Waals surface area contributed by atoms with Gasteiger partial charge in [-0.15, -0.1) is 35.3 Å². The van der Waals surface area contributed by atoms with E-state index in [0.717, 1.165) is 5.69 Å². The Morgan fingerprint density at radius 2 is 1.86 bits per heavy atom. The molecule has 7 nitrogen and oxygen atoms in total. The van der Waals surface area contributed by atoms with Crippen molar-refractivity contribution < 1.29 is 9.90 Å². The minimum Gasteiger partial charge on any atom is -0.386 e. The monoisotopic (exact) mass is 571 g/mol. The van der Waals surface area contributed by atoms with Gasteiger partial charge in [-0.05, 0) is 37.6 Å². The normalized spacial score (nSPS) is 12.1. The SMILES string of the molecule is CCNC(=NCC(O)c1cc(Cl)cc(Cl)c1)NCCNC(=O)c1scnc1C.I. The molecule has 1 atom stereocenters. The molecule has 29 heavy (non-hydrogen) atoms. The molecule has 0 saturated heterocycles. The van der Waals surface area contributed by atoms with Crippen molar-refractivity contribution in [2.24, 2.45) is 4.99 Å². The predicted octanol–water partition coefficient (Wildman–Crippen LogP) is 3.39. The molecule has 0 saturated carbocycles. The van der Waals surface area contributed by atoms with Gasteiger partial charge in [-0.1, -0.05) is 23.2 Å². The van der Waals surface area contributed by atoms with E-state index in [0.29, 0.717) is 46.1 Å². The Hall–Kier alpha value is -1.14. The first-order chi connectivity index (χ1) is 13.4. The van der Waals surface area contributed by atoms with Crippen LogP contribution in [0.15, 0.2) is 28.7 Å². The first-order valence-electron chi connectivity index (χ1n) is 8.75. The zero-order chi connectivity index (χ0) is 20.5. The number of aliphatic imine (C=N–C) groups is 1. The van der Waals surface area contributed by atoms with Crippen LogP contribution < -0.4 is 16.0 Å². The van der Waals surface area contributed by atoms with Crippen LogP contribution in [-0.2, 0) is 0 Å². The zero-order valence-electron chi connectivity index (χ0n) is 16.0. The third-order valence-corrected chi connectivity index (χ3v) is 5.05. The number of thiazole rings is 1. The lowest BCUT2D eigenvalue weighted by Gasteiger charge is -2.14. The first kappa shape index (κ1) is 25.9. The highest BCUT2D eigenvalue weighted by molar-refractivity contribution is 14.0. The van der Waals surface area contributed by atoms with Crippen LogP contribution in [0.25, 0.3) is 0 Å². The third-order valence-electron chi connectivity index (χ3n) is 3.69. The molecule has 0 aliphatic heterocycles. The molecule has 1 aromatic carbocycles. The molecule has 1 amide bonds. The molecule has 0 aliphatic rings. The second-order valence-corrected chi connectivity index (χ2v) is 7.62. The van der Waals surface area contributed by atoms with Gasteiger partial charge in [0.15, 0.2) is 5.96 Å². The summed E-state index contributed by atoms with van der Waals surface area (Å²) >= 11 is 13.3. The summed E-state index contributed by atoms with van der Waals surface area (Å²) in [7, 11) is 0. The number of nitrogens with one attached hydrogen (secondary N) is 3. The quantitative estimate of drug-likeness (QED) is 0.168. The topological polar surface area (TPSA) is 98.6 Å². The predicted molar refractivity (Wildman–Crippen MR) is 130 cm³/mol. The molecule has 0 bridgehead atoms. The van der Waals surface area contributed by atoms with E-state index in [2.05, 4.69) is 25.9 Å². The van der Waals surface area contributed by atoms with E-state index < -0.39 is 6.10 Å². The molecule has 11 heteroatoms. The van der Waals surface area contributed by atoms with Gasteiger partial charge in [0.25, 0.3) is 5.91 Å². The maximum Gasteiger partial charge on any atom is 0.263 e. The van der Waals surface area contributed by atoms with Crippen LogP contribution in [0.1, 0.15) is 34.0 Å². The molecular weight excluding hydrogens is 548 g/mol. The van der Waals surface area contributed by atoms with Gasteiger partial charge < -0.3 is 21.1 Å². The molecule has 0 radical (unpaired) electrons. The van der Waals surface area contributed by atoms with Crippen molar-refractivity contribution in [3.05, 3.63) is 49.9 Å². The van der Waals surface area contributed by atoms with Gasteiger partial charge in [-0.3, -0.25) is 9.79 Å². The smallest absolute Gasteiger partial charge is 0.263 e. The van der Waals surface area contributed by atoms with Crippen molar-refractivity contribution in [1.82, 2.24) is 20.9 Å². The number of carbonyl (C=O) groups is 1. The number of carbonyl (C=O) groups excluding carboxylic acids is 1. The van der Waals surface area contributed by atoms with Crippen LogP contribution in [0, 0.1) is 6.92 Å². The summed E-state index contributed by atoms with van der Waals surface area (Å²) in [5.74, 6) is 0.398. The lowest BCUT2D eigenvalue weighted by Crippen LogP contribution is -2.41. The van der Waals surface area contributed by atoms with E-state index in [1.165, 1.54) is 11.3 Å². The van der Waals surface area contributed by atoms with Crippen molar-refractivity contribution in [2.75, 3.05) is 26.2 Å². The number of rotatable bonds is 8. The summed E-state index contributed by atoms with van der Waals surface area (Å²) < 4.78 is 0. The molecule has 0 aliphatic carbocycles. The zero-order valence-corrected chi connectivity index (χ0v) is 20.7. The van der Waals surface area contributed by atoms with Gasteiger partial charge in [-0.2, -0.15) is 0 Å². The van der Waals surface area contributed by atoms with Crippen LogP contribution in [-0.4, -0.2) is 48.1 Å². The third kappa shape index (κ3) is 8.63. The molecule has 0 fully saturated rings. The highest BCUT2D eigenvalue weighted by Crippen LogP contribution is 2.23. The molecule has 160 valence electrons. The van der Waals surface area contributed by atoms with Crippen LogP contribution in [0.3, 0.4) is 0 Å². The van der Waals surface area contributed by atoms with Crippen molar-refractivity contribution in [2.45, 2.75) is 20.0 Å². The van der Waals surface area contributed by atoms with Gasteiger partial charge in [0, 0.05) is 29.7 Å². The maximum absolute atomic E-state index is 12.1. The number of aryl methyl sites for hydroxylation is 1. The Morgan fingerprint density at radius 1 is 1.21 bits per heavy atom. The lowest BCUT2D eigenvalue weighted by molar-refractivity contribution is 0.0957. The molecule has 0 spiro atoms. The minimum absolute atomic E-state index is 0. The molecule has 1 unspecified atom stereocenters. The van der Waals surface area contributed by atoms with Gasteiger partial charge in [0.2, 0.25) is 0 Å². The number of amides is 1. The van der Waals surface area contributed by atoms with Crippen molar-refractivity contribution in [3.63, 3.8) is 0 Å². The van der Waals surface area contributed by atoms with E-state index in [1.807, 2.05) is 6.92 Å². The summed E-state index contributed by atoms with van der Waals surface area (Å²) in [5.41, 5.74) is 2.97. The standard InChI is InChI=1S/C18H23Cl2N5O2S.HI/c1-3-21-18(23-5-4-22-17(27)16-11(2)25-10-28-16)24-9-15(26)12-6-13(19)8-14(20)7-12;/h6-8,10,15,26H,3-5,9H2,1-2H3,(H,22,27)(H2,21,23,24);1H. The Bertz CT molecular complexity index is 814. The van der Waals surface area contributed by atoms with Crippen molar-refractivity contribution >= 4 is 70.4 Å². The number of aliphatic hydroxyl groups excluding tert-OH is 1. The molecular formula is C18H24Cl2IN5O2S. The average Bonchev–Trinajstić information content (AvgIpc) is 3.07. The number of aromatic nitrogens is 1. The fourth-order valence-corrected chi connectivity index (χ4v) is 3.61. The summed E-state index contributed by atoms with van der Waals surface area (Å²) in [5, 5.41) is 20.3. The van der Waals surface area contributed by atoms with Crippen LogP contribution >= 0.6 is 58.5 Å². The lowest BCUT2D eigenvalue weighted by atomic mass is 10.1. The van der Waals surface area contributed by atoms with E-state index in [-0.39, 0.29) is 36.4 Å². The van der Waals surface area contributed by atoms with Crippen LogP contribution in [0.5, 0.6) is 0 Å².